The largest absolute Gasteiger partial charge is 0.353 e. The van der Waals surface area contributed by atoms with Crippen molar-refractivity contribution in [1.82, 2.24) is 9.97 Å². The smallest absolute Gasteiger partial charge is 0.274 e. The number of aromatic amines is 1. The first-order valence-electron chi connectivity index (χ1n) is 11.3. The van der Waals surface area contributed by atoms with Crippen LogP contribution in [0.5, 0.6) is 0 Å². The number of fused-ring (bicyclic) bond motifs is 3. The maximum atomic E-state index is 13.3. The third kappa shape index (κ3) is 4.02. The van der Waals surface area contributed by atoms with Gasteiger partial charge in [-0.25, -0.2) is 4.98 Å². The zero-order chi connectivity index (χ0) is 23.7. The Kier molecular flexibility index (Phi) is 5.57. The van der Waals surface area contributed by atoms with Gasteiger partial charge in [0.2, 0.25) is 0 Å². The number of aromatic nitrogens is 2. The van der Waals surface area contributed by atoms with Crippen LogP contribution < -0.4 is 5.32 Å². The standard InChI is InChI=1S/C29H24N4O/c1-18-6-5-7-19(2)27(18)33-29(34)26-16-23-22-8-3-4-9-24(22)32-28(23)25(31-26)15-14-20-10-12-21(17-30)13-11-20/h3-13,16,32H,14-15H2,1-2H3,(H,33,34). The molecule has 0 aliphatic heterocycles. The van der Waals surface area contributed by atoms with Gasteiger partial charge in [-0.1, -0.05) is 48.5 Å². The van der Waals surface area contributed by atoms with E-state index in [1.807, 2.05) is 80.6 Å². The van der Waals surface area contributed by atoms with Gasteiger partial charge in [0, 0.05) is 22.0 Å². The van der Waals surface area contributed by atoms with Crippen molar-refractivity contribution in [3.05, 3.63) is 106 Å². The molecule has 3 aromatic carbocycles. The fourth-order valence-corrected chi connectivity index (χ4v) is 4.41. The Labute approximate surface area is 198 Å². The van der Waals surface area contributed by atoms with E-state index >= 15 is 0 Å². The number of benzene rings is 3. The second-order valence-electron chi connectivity index (χ2n) is 8.58. The van der Waals surface area contributed by atoms with E-state index in [0.717, 1.165) is 56.3 Å². The van der Waals surface area contributed by atoms with Gasteiger partial charge in [0.25, 0.3) is 5.91 Å². The number of nitrogens with one attached hydrogen (secondary N) is 2. The molecule has 0 aliphatic rings. The number of amides is 1. The summed E-state index contributed by atoms with van der Waals surface area (Å²) < 4.78 is 0. The van der Waals surface area contributed by atoms with Gasteiger partial charge in [-0.05, 0) is 67.6 Å². The molecule has 0 aliphatic carbocycles. The summed E-state index contributed by atoms with van der Waals surface area (Å²) in [7, 11) is 0. The van der Waals surface area contributed by atoms with Gasteiger partial charge in [0.1, 0.15) is 5.69 Å². The predicted octanol–water partition coefficient (Wildman–Crippen LogP) is 6.24. The summed E-state index contributed by atoms with van der Waals surface area (Å²) in [6, 6.07) is 25.7. The SMILES string of the molecule is Cc1cccc(C)c1NC(=O)c1cc2c([nH]c3ccccc32)c(CCc2ccc(C#N)cc2)n1. The predicted molar refractivity (Wildman–Crippen MR) is 136 cm³/mol. The number of hydrogen-bond acceptors (Lipinski definition) is 3. The number of pyridine rings is 1. The molecule has 0 atom stereocenters. The molecule has 34 heavy (non-hydrogen) atoms. The Morgan fingerprint density at radius 2 is 1.68 bits per heavy atom. The van der Waals surface area contributed by atoms with E-state index in [1.54, 1.807) is 0 Å². The van der Waals surface area contributed by atoms with Crippen molar-refractivity contribution in [3.63, 3.8) is 0 Å². The van der Waals surface area contributed by atoms with Gasteiger partial charge in [-0.15, -0.1) is 0 Å². The molecule has 2 heterocycles. The van der Waals surface area contributed by atoms with Crippen LogP contribution in [0.15, 0.2) is 72.8 Å². The molecule has 2 aromatic heterocycles. The Morgan fingerprint density at radius 3 is 2.41 bits per heavy atom. The van der Waals surface area contributed by atoms with E-state index in [9.17, 15) is 4.79 Å². The summed E-state index contributed by atoms with van der Waals surface area (Å²) >= 11 is 0. The van der Waals surface area contributed by atoms with Crippen LogP contribution in [0.2, 0.25) is 0 Å². The molecule has 166 valence electrons. The fraction of sp³-hybridized carbons (Fsp3) is 0.138. The van der Waals surface area contributed by atoms with E-state index in [2.05, 4.69) is 22.4 Å². The van der Waals surface area contributed by atoms with Gasteiger partial charge in [0.05, 0.1) is 22.8 Å². The Morgan fingerprint density at radius 1 is 0.941 bits per heavy atom. The first kappa shape index (κ1) is 21.4. The number of hydrogen-bond donors (Lipinski definition) is 2. The molecule has 1 amide bonds. The molecule has 5 nitrogen and oxygen atoms in total. The molecule has 0 fully saturated rings. The monoisotopic (exact) mass is 444 g/mol. The quantitative estimate of drug-likeness (QED) is 0.336. The minimum absolute atomic E-state index is 0.218. The molecule has 5 aromatic rings. The topological polar surface area (TPSA) is 81.6 Å². The lowest BCUT2D eigenvalue weighted by Gasteiger charge is -2.12. The molecule has 5 rings (SSSR count). The van der Waals surface area contributed by atoms with Gasteiger partial charge in [-0.2, -0.15) is 5.26 Å². The van der Waals surface area contributed by atoms with E-state index in [1.165, 1.54) is 0 Å². The number of carbonyl (C=O) groups excluding carboxylic acids is 1. The molecule has 0 saturated carbocycles. The maximum Gasteiger partial charge on any atom is 0.274 e. The number of nitriles is 1. The summed E-state index contributed by atoms with van der Waals surface area (Å²) in [5.41, 5.74) is 7.85. The van der Waals surface area contributed by atoms with Gasteiger partial charge < -0.3 is 10.3 Å². The van der Waals surface area contributed by atoms with E-state index < -0.39 is 0 Å². The number of aryl methyl sites for hydroxylation is 4. The van der Waals surface area contributed by atoms with Gasteiger partial charge >= 0.3 is 0 Å². The summed E-state index contributed by atoms with van der Waals surface area (Å²) in [5, 5.41) is 14.2. The number of carbonyl (C=O) groups is 1. The number of H-pyrrole nitrogens is 1. The first-order chi connectivity index (χ1) is 16.5. The zero-order valence-electron chi connectivity index (χ0n) is 19.1. The molecule has 5 heteroatoms. The summed E-state index contributed by atoms with van der Waals surface area (Å²) in [6.45, 7) is 3.98. The highest BCUT2D eigenvalue weighted by Gasteiger charge is 2.17. The van der Waals surface area contributed by atoms with Crippen LogP contribution in [0.1, 0.15) is 38.4 Å². The number of nitrogens with zero attached hydrogens (tertiary/aromatic N) is 2. The van der Waals surface area contributed by atoms with Crippen LogP contribution >= 0.6 is 0 Å². The third-order valence-corrected chi connectivity index (χ3v) is 6.26. The molecule has 2 N–H and O–H groups in total. The Bertz CT molecular complexity index is 1550. The average Bonchev–Trinajstić information content (AvgIpc) is 3.24. The molecular weight excluding hydrogens is 420 g/mol. The molecular formula is C29H24N4O. The Hall–Kier alpha value is -4.43. The summed E-state index contributed by atoms with van der Waals surface area (Å²) in [4.78, 5) is 21.6. The number of anilines is 1. The van der Waals surface area contributed by atoms with E-state index in [4.69, 9.17) is 10.2 Å². The van der Waals surface area contributed by atoms with Crippen LogP contribution in [0.3, 0.4) is 0 Å². The van der Waals surface area contributed by atoms with Crippen LogP contribution in [0.25, 0.3) is 21.8 Å². The van der Waals surface area contributed by atoms with Crippen LogP contribution in [-0.2, 0) is 12.8 Å². The molecule has 0 radical (unpaired) electrons. The van der Waals surface area contributed by atoms with Crippen molar-refractivity contribution in [2.24, 2.45) is 0 Å². The maximum absolute atomic E-state index is 13.3. The van der Waals surface area contributed by atoms with Crippen molar-refractivity contribution in [3.8, 4) is 6.07 Å². The van der Waals surface area contributed by atoms with Crippen LogP contribution in [-0.4, -0.2) is 15.9 Å². The minimum Gasteiger partial charge on any atom is -0.353 e. The zero-order valence-corrected chi connectivity index (χ0v) is 19.1. The van der Waals surface area contributed by atoms with Crippen molar-refractivity contribution in [2.75, 3.05) is 5.32 Å². The summed E-state index contributed by atoms with van der Waals surface area (Å²) in [5.74, 6) is -0.218. The normalized spacial score (nSPS) is 11.0. The highest BCUT2D eigenvalue weighted by Crippen LogP contribution is 2.29. The van der Waals surface area contributed by atoms with Crippen LogP contribution in [0.4, 0.5) is 5.69 Å². The highest BCUT2D eigenvalue weighted by molar-refractivity contribution is 6.12. The highest BCUT2D eigenvalue weighted by atomic mass is 16.1. The molecule has 0 spiro atoms. The molecule has 0 saturated heterocycles. The number of para-hydroxylation sites is 2. The average molecular weight is 445 g/mol. The minimum atomic E-state index is -0.218. The molecule has 0 bridgehead atoms. The second kappa shape index (κ2) is 8.84. The van der Waals surface area contributed by atoms with Crippen LogP contribution in [0, 0.1) is 25.2 Å². The van der Waals surface area contributed by atoms with Crippen molar-refractivity contribution in [2.45, 2.75) is 26.7 Å². The molecule has 0 unspecified atom stereocenters. The van der Waals surface area contributed by atoms with Crippen molar-refractivity contribution >= 4 is 33.4 Å². The number of rotatable bonds is 5. The third-order valence-electron chi connectivity index (χ3n) is 6.26. The Balaban J connectivity index is 1.55. The summed E-state index contributed by atoms with van der Waals surface area (Å²) in [6.07, 6.45) is 1.42. The lowest BCUT2D eigenvalue weighted by molar-refractivity contribution is 0.102. The van der Waals surface area contributed by atoms with Gasteiger partial charge in [0.15, 0.2) is 0 Å². The second-order valence-corrected chi connectivity index (χ2v) is 8.58. The van der Waals surface area contributed by atoms with Crippen molar-refractivity contribution in [1.29, 1.82) is 5.26 Å². The lowest BCUT2D eigenvalue weighted by Crippen LogP contribution is -2.16. The van der Waals surface area contributed by atoms with E-state index in [-0.39, 0.29) is 5.91 Å². The van der Waals surface area contributed by atoms with Gasteiger partial charge in [-0.3, -0.25) is 4.79 Å². The first-order valence-corrected chi connectivity index (χ1v) is 11.3. The van der Waals surface area contributed by atoms with Crippen molar-refractivity contribution < 1.29 is 4.79 Å². The van der Waals surface area contributed by atoms with E-state index in [0.29, 0.717) is 17.7 Å². The lowest BCUT2D eigenvalue weighted by atomic mass is 10.0. The fourth-order valence-electron chi connectivity index (χ4n) is 4.41.